The van der Waals surface area contributed by atoms with Crippen molar-refractivity contribution in [2.45, 2.75) is 13.5 Å². The first-order valence-electron chi connectivity index (χ1n) is 5.51. The van der Waals surface area contributed by atoms with Crippen LogP contribution in [-0.4, -0.2) is 15.7 Å². The van der Waals surface area contributed by atoms with Crippen molar-refractivity contribution in [2.24, 2.45) is 0 Å². The van der Waals surface area contributed by atoms with Gasteiger partial charge in [-0.25, -0.2) is 0 Å². The lowest BCUT2D eigenvalue weighted by atomic mass is 10.2. The van der Waals surface area contributed by atoms with Gasteiger partial charge < -0.3 is 11.1 Å². The minimum atomic E-state index is -0.280. The summed E-state index contributed by atoms with van der Waals surface area (Å²) in [6, 6.07) is 5.08. The lowest BCUT2D eigenvalue weighted by molar-refractivity contribution is -0.116. The molecule has 5 nitrogen and oxygen atoms in total. The van der Waals surface area contributed by atoms with Gasteiger partial charge in [-0.2, -0.15) is 5.10 Å². The van der Waals surface area contributed by atoms with E-state index in [1.807, 2.05) is 6.92 Å². The number of aryl methyl sites for hydroxylation is 1. The number of hydrogen-bond donors (Lipinski definition) is 2. The maximum atomic E-state index is 11.9. The molecule has 1 aromatic heterocycles. The zero-order chi connectivity index (χ0) is 14.0. The fraction of sp³-hybridized carbons (Fsp3) is 0.167. The van der Waals surface area contributed by atoms with Gasteiger partial charge in [-0.3, -0.25) is 9.48 Å². The molecule has 1 heterocycles. The Labute approximate surface area is 120 Å². The maximum absolute atomic E-state index is 11.9. The molecule has 1 aromatic carbocycles. The van der Waals surface area contributed by atoms with Gasteiger partial charge in [0.05, 0.1) is 15.7 Å². The van der Waals surface area contributed by atoms with Crippen LogP contribution >= 0.6 is 23.2 Å². The first-order valence-corrected chi connectivity index (χ1v) is 6.26. The molecule has 0 aliphatic rings. The molecule has 7 heteroatoms. The summed E-state index contributed by atoms with van der Waals surface area (Å²) in [5.74, 6) is 0.0805. The third-order valence-corrected chi connectivity index (χ3v) is 3.32. The van der Waals surface area contributed by atoms with Crippen LogP contribution in [0.3, 0.4) is 0 Å². The first kappa shape index (κ1) is 13.7. The summed E-state index contributed by atoms with van der Waals surface area (Å²) >= 11 is 12.1. The quantitative estimate of drug-likeness (QED) is 0.915. The van der Waals surface area contributed by atoms with Crippen LogP contribution in [0.15, 0.2) is 24.4 Å². The van der Waals surface area contributed by atoms with E-state index in [0.29, 0.717) is 21.6 Å². The minimum absolute atomic E-state index is 0.0395. The number of carbonyl (C=O) groups is 1. The Bertz CT molecular complexity index is 624. The molecule has 0 fully saturated rings. The number of anilines is 2. The zero-order valence-electron chi connectivity index (χ0n) is 10.2. The monoisotopic (exact) mass is 298 g/mol. The third-order valence-electron chi connectivity index (χ3n) is 2.52. The molecule has 3 N–H and O–H groups in total. The number of rotatable bonds is 3. The van der Waals surface area contributed by atoms with E-state index >= 15 is 0 Å². The van der Waals surface area contributed by atoms with Crippen molar-refractivity contribution in [3.63, 3.8) is 0 Å². The molecule has 0 saturated heterocycles. The van der Waals surface area contributed by atoms with Crippen molar-refractivity contribution < 1.29 is 4.79 Å². The van der Waals surface area contributed by atoms with Crippen molar-refractivity contribution >= 4 is 40.6 Å². The summed E-state index contributed by atoms with van der Waals surface area (Å²) < 4.78 is 1.43. The van der Waals surface area contributed by atoms with Gasteiger partial charge in [-0.05, 0) is 24.6 Å². The van der Waals surface area contributed by atoms with Gasteiger partial charge >= 0.3 is 0 Å². The number of nitrogens with two attached hydrogens (primary N) is 1. The number of aromatic nitrogens is 2. The van der Waals surface area contributed by atoms with E-state index < -0.39 is 0 Å². The summed E-state index contributed by atoms with van der Waals surface area (Å²) in [5, 5.41) is 7.42. The van der Waals surface area contributed by atoms with Crippen LogP contribution < -0.4 is 11.1 Å². The average molecular weight is 299 g/mol. The molecule has 0 radical (unpaired) electrons. The van der Waals surface area contributed by atoms with E-state index in [9.17, 15) is 4.79 Å². The van der Waals surface area contributed by atoms with E-state index in [1.165, 1.54) is 4.68 Å². The van der Waals surface area contributed by atoms with E-state index in [4.69, 9.17) is 28.9 Å². The van der Waals surface area contributed by atoms with Crippen LogP contribution in [0.4, 0.5) is 11.5 Å². The van der Waals surface area contributed by atoms with Gasteiger partial charge in [0.2, 0.25) is 5.91 Å². The number of hydrogen-bond acceptors (Lipinski definition) is 3. The highest BCUT2D eigenvalue weighted by Crippen LogP contribution is 2.32. The smallest absolute Gasteiger partial charge is 0.246 e. The lowest BCUT2D eigenvalue weighted by Crippen LogP contribution is -2.19. The highest BCUT2D eigenvalue weighted by molar-refractivity contribution is 6.40. The molecule has 100 valence electrons. The van der Waals surface area contributed by atoms with Crippen LogP contribution in [0.5, 0.6) is 0 Å². The molecular weight excluding hydrogens is 287 g/mol. The van der Waals surface area contributed by atoms with Gasteiger partial charge in [0.15, 0.2) is 0 Å². The molecule has 0 aliphatic heterocycles. The van der Waals surface area contributed by atoms with Crippen LogP contribution in [0.2, 0.25) is 10.0 Å². The summed E-state index contributed by atoms with van der Waals surface area (Å²) in [6.07, 6.45) is 1.62. The summed E-state index contributed by atoms with van der Waals surface area (Å²) in [4.78, 5) is 11.9. The summed E-state index contributed by atoms with van der Waals surface area (Å²) in [6.45, 7) is 1.88. The molecule has 1 amide bonds. The fourth-order valence-electron chi connectivity index (χ4n) is 1.56. The van der Waals surface area contributed by atoms with Crippen LogP contribution in [0.25, 0.3) is 0 Å². The number of benzene rings is 1. The average Bonchev–Trinajstić information content (AvgIpc) is 2.75. The Morgan fingerprint density at radius 2 is 2.16 bits per heavy atom. The maximum Gasteiger partial charge on any atom is 0.246 e. The van der Waals surface area contributed by atoms with Crippen LogP contribution in [0.1, 0.15) is 5.56 Å². The molecule has 0 aliphatic carbocycles. The van der Waals surface area contributed by atoms with E-state index in [-0.39, 0.29) is 12.5 Å². The molecule has 0 atom stereocenters. The topological polar surface area (TPSA) is 72.9 Å². The van der Waals surface area contributed by atoms with Gasteiger partial charge in [0, 0.05) is 6.20 Å². The van der Waals surface area contributed by atoms with Gasteiger partial charge in [-0.15, -0.1) is 0 Å². The number of nitrogen functional groups attached to an aromatic ring is 1. The normalized spacial score (nSPS) is 10.5. The Kier molecular flexibility index (Phi) is 3.97. The van der Waals surface area contributed by atoms with E-state index in [0.717, 1.165) is 5.56 Å². The molecule has 0 spiro atoms. The summed E-state index contributed by atoms with van der Waals surface area (Å²) in [5.41, 5.74) is 6.72. The van der Waals surface area contributed by atoms with Gasteiger partial charge in [0.1, 0.15) is 12.4 Å². The predicted molar refractivity (Wildman–Crippen MR) is 76.5 cm³/mol. The second kappa shape index (κ2) is 5.50. The molecule has 0 bridgehead atoms. The van der Waals surface area contributed by atoms with E-state index in [1.54, 1.807) is 24.4 Å². The van der Waals surface area contributed by atoms with Crippen molar-refractivity contribution in [1.82, 2.24) is 9.78 Å². The molecule has 2 aromatic rings. The molecule has 0 saturated carbocycles. The number of halogens is 2. The Morgan fingerprint density at radius 1 is 1.42 bits per heavy atom. The number of amides is 1. The Hall–Kier alpha value is -1.72. The second-order valence-corrected chi connectivity index (χ2v) is 4.82. The highest BCUT2D eigenvalue weighted by Gasteiger charge is 2.12. The Morgan fingerprint density at radius 3 is 2.79 bits per heavy atom. The van der Waals surface area contributed by atoms with Crippen molar-refractivity contribution in [1.29, 1.82) is 0 Å². The SMILES string of the molecule is Cc1ccc(Cl)c(NC(=O)Cn2ccc(N)n2)c1Cl. The Balaban J connectivity index is 2.13. The molecule has 0 unspecified atom stereocenters. The third kappa shape index (κ3) is 3.19. The number of nitrogens with one attached hydrogen (secondary N) is 1. The lowest BCUT2D eigenvalue weighted by Gasteiger charge is -2.11. The summed E-state index contributed by atoms with van der Waals surface area (Å²) in [7, 11) is 0. The van der Waals surface area contributed by atoms with Crippen LogP contribution in [-0.2, 0) is 11.3 Å². The van der Waals surface area contributed by atoms with Crippen molar-refractivity contribution in [3.05, 3.63) is 40.0 Å². The standard InChI is InChI=1S/C12H12Cl2N4O/c1-7-2-3-8(13)12(11(7)14)16-10(19)6-18-5-4-9(15)17-18/h2-5H,6H2,1H3,(H2,15,17)(H,16,19). The fourth-order valence-corrected chi connectivity index (χ4v) is 2.03. The number of nitrogens with zero attached hydrogens (tertiary/aromatic N) is 2. The zero-order valence-corrected chi connectivity index (χ0v) is 11.7. The van der Waals surface area contributed by atoms with Crippen LogP contribution in [0, 0.1) is 6.92 Å². The first-order chi connectivity index (χ1) is 8.97. The van der Waals surface area contributed by atoms with Crippen molar-refractivity contribution in [3.8, 4) is 0 Å². The minimum Gasteiger partial charge on any atom is -0.382 e. The van der Waals surface area contributed by atoms with E-state index in [2.05, 4.69) is 10.4 Å². The molecular formula is C12H12Cl2N4O. The van der Waals surface area contributed by atoms with Crippen molar-refractivity contribution in [2.75, 3.05) is 11.1 Å². The highest BCUT2D eigenvalue weighted by atomic mass is 35.5. The van der Waals surface area contributed by atoms with Gasteiger partial charge in [0.25, 0.3) is 0 Å². The number of carbonyl (C=O) groups excluding carboxylic acids is 1. The molecule has 2 rings (SSSR count). The van der Waals surface area contributed by atoms with Gasteiger partial charge in [-0.1, -0.05) is 29.3 Å². The largest absolute Gasteiger partial charge is 0.382 e. The predicted octanol–water partition coefficient (Wildman–Crippen LogP) is 2.72. The second-order valence-electron chi connectivity index (χ2n) is 4.04. The molecule has 19 heavy (non-hydrogen) atoms.